The molecule has 4 nitrogen and oxygen atoms in total. The highest BCUT2D eigenvalue weighted by Gasteiger charge is 2.31. The van der Waals surface area contributed by atoms with E-state index in [9.17, 15) is 13.2 Å². The molecule has 2 aromatic carbocycles. The molecule has 0 radical (unpaired) electrons. The molecule has 0 unspecified atom stereocenters. The summed E-state index contributed by atoms with van der Waals surface area (Å²) < 4.78 is 38.9. The van der Waals surface area contributed by atoms with Crippen LogP contribution in [0, 0.1) is 0 Å². The first-order valence-electron chi connectivity index (χ1n) is 8.73. The van der Waals surface area contributed by atoms with Crippen molar-refractivity contribution in [1.82, 2.24) is 9.97 Å². The van der Waals surface area contributed by atoms with Crippen molar-refractivity contribution >= 4 is 33.4 Å². The number of halogens is 4. The third kappa shape index (κ3) is 4.44. The summed E-state index contributed by atoms with van der Waals surface area (Å²) in [6.45, 7) is 0. The first-order valence-corrected chi connectivity index (χ1v) is 9.52. The molecular weight excluding hydrogens is 433 g/mol. The van der Waals surface area contributed by atoms with E-state index in [0.29, 0.717) is 28.0 Å². The molecule has 0 bridgehead atoms. The Morgan fingerprint density at radius 1 is 0.964 bits per heavy atom. The Morgan fingerprint density at radius 3 is 2.36 bits per heavy atom. The number of hydrogen-bond acceptors (Lipinski definition) is 4. The molecule has 0 amide bonds. The first kappa shape index (κ1) is 18.7. The summed E-state index contributed by atoms with van der Waals surface area (Å²) in [5, 5.41) is 6.36. The lowest BCUT2D eigenvalue weighted by Gasteiger charge is -2.14. The number of anilines is 3. The van der Waals surface area contributed by atoms with Gasteiger partial charge in [0.2, 0.25) is 5.95 Å². The first-order chi connectivity index (χ1) is 13.4. The summed E-state index contributed by atoms with van der Waals surface area (Å²) in [6.07, 6.45) is -2.24. The maximum Gasteiger partial charge on any atom is 0.416 e. The summed E-state index contributed by atoms with van der Waals surface area (Å²) in [4.78, 5) is 9.04. The van der Waals surface area contributed by atoms with Gasteiger partial charge < -0.3 is 10.6 Å². The van der Waals surface area contributed by atoms with Crippen molar-refractivity contribution in [2.45, 2.75) is 25.1 Å². The molecule has 2 N–H and O–H groups in total. The van der Waals surface area contributed by atoms with E-state index in [0.717, 1.165) is 36.2 Å². The Morgan fingerprint density at radius 2 is 1.71 bits per heavy atom. The zero-order valence-corrected chi connectivity index (χ0v) is 16.2. The molecule has 0 spiro atoms. The lowest BCUT2D eigenvalue weighted by molar-refractivity contribution is -0.137. The quantitative estimate of drug-likeness (QED) is 0.484. The van der Waals surface area contributed by atoms with Crippen LogP contribution in [0.3, 0.4) is 0 Å². The van der Waals surface area contributed by atoms with E-state index in [1.165, 1.54) is 6.07 Å². The van der Waals surface area contributed by atoms with E-state index < -0.39 is 11.7 Å². The van der Waals surface area contributed by atoms with Crippen LogP contribution < -0.4 is 10.6 Å². The Kier molecular flexibility index (Phi) is 4.97. The topological polar surface area (TPSA) is 49.8 Å². The van der Waals surface area contributed by atoms with E-state index in [2.05, 4.69) is 36.5 Å². The van der Waals surface area contributed by atoms with Crippen molar-refractivity contribution in [1.29, 1.82) is 0 Å². The van der Waals surface area contributed by atoms with Gasteiger partial charge in [-0.25, -0.2) is 4.98 Å². The molecule has 1 fully saturated rings. The average Bonchev–Trinajstić information content (AvgIpc) is 3.47. The largest absolute Gasteiger partial charge is 0.416 e. The van der Waals surface area contributed by atoms with Crippen molar-refractivity contribution in [3.8, 4) is 11.3 Å². The molecule has 0 aliphatic heterocycles. The smallest absolute Gasteiger partial charge is 0.351 e. The predicted molar refractivity (Wildman–Crippen MR) is 107 cm³/mol. The maximum absolute atomic E-state index is 12.9. The zero-order chi connectivity index (χ0) is 19.7. The minimum absolute atomic E-state index is 0.305. The Labute approximate surface area is 168 Å². The van der Waals surface area contributed by atoms with Gasteiger partial charge in [0, 0.05) is 22.1 Å². The van der Waals surface area contributed by atoms with Gasteiger partial charge >= 0.3 is 6.18 Å². The van der Waals surface area contributed by atoms with E-state index in [1.807, 2.05) is 30.3 Å². The second-order valence-electron chi connectivity index (χ2n) is 6.56. The van der Waals surface area contributed by atoms with Crippen LogP contribution in [0.15, 0.2) is 59.1 Å². The summed E-state index contributed by atoms with van der Waals surface area (Å²) >= 11 is 3.21. The lowest BCUT2D eigenvalue weighted by atomic mass is 10.1. The van der Waals surface area contributed by atoms with Crippen LogP contribution in [-0.2, 0) is 6.18 Å². The fraction of sp³-hybridized carbons (Fsp3) is 0.200. The Bertz CT molecular complexity index is 988. The van der Waals surface area contributed by atoms with E-state index in [-0.39, 0.29) is 0 Å². The average molecular weight is 449 g/mol. The molecule has 8 heteroatoms. The molecule has 3 aromatic rings. The van der Waals surface area contributed by atoms with Crippen LogP contribution in [0.1, 0.15) is 18.4 Å². The van der Waals surface area contributed by atoms with E-state index >= 15 is 0 Å². The van der Waals surface area contributed by atoms with Gasteiger partial charge in [-0.2, -0.15) is 18.2 Å². The lowest BCUT2D eigenvalue weighted by Crippen LogP contribution is -2.08. The number of alkyl halides is 3. The van der Waals surface area contributed by atoms with Gasteiger partial charge in [-0.15, -0.1) is 0 Å². The van der Waals surface area contributed by atoms with E-state index in [4.69, 9.17) is 0 Å². The third-order valence-electron chi connectivity index (χ3n) is 4.27. The monoisotopic (exact) mass is 448 g/mol. The highest BCUT2D eigenvalue weighted by Crippen LogP contribution is 2.35. The Hall–Kier alpha value is -2.61. The number of aromatic nitrogens is 2. The fourth-order valence-corrected chi connectivity index (χ4v) is 3.15. The Balaban J connectivity index is 1.67. The second kappa shape index (κ2) is 7.43. The number of benzene rings is 2. The van der Waals surface area contributed by atoms with Crippen molar-refractivity contribution < 1.29 is 13.2 Å². The van der Waals surface area contributed by atoms with Gasteiger partial charge in [0.15, 0.2) is 0 Å². The number of rotatable bonds is 5. The van der Waals surface area contributed by atoms with Gasteiger partial charge in [-0.1, -0.05) is 30.3 Å². The maximum atomic E-state index is 12.9. The molecule has 1 heterocycles. The molecule has 1 saturated carbocycles. The number of hydrogen-bond donors (Lipinski definition) is 2. The zero-order valence-electron chi connectivity index (χ0n) is 14.6. The van der Waals surface area contributed by atoms with Crippen molar-refractivity contribution in [3.63, 3.8) is 0 Å². The second-order valence-corrected chi connectivity index (χ2v) is 7.42. The molecule has 1 aliphatic rings. The van der Waals surface area contributed by atoms with Gasteiger partial charge in [-0.05, 0) is 47.0 Å². The summed E-state index contributed by atoms with van der Waals surface area (Å²) in [5.74, 6) is 0.992. The van der Waals surface area contributed by atoms with Crippen LogP contribution >= 0.6 is 15.9 Å². The van der Waals surface area contributed by atoms with Gasteiger partial charge in [0.1, 0.15) is 5.82 Å². The minimum Gasteiger partial charge on any atom is -0.351 e. The highest BCUT2D eigenvalue weighted by atomic mass is 79.9. The number of nitrogens with one attached hydrogen (secondary N) is 2. The van der Waals surface area contributed by atoms with Gasteiger partial charge in [-0.3, -0.25) is 0 Å². The standard InChI is InChI=1S/C20H16BrF3N4/c21-15-10-13(20(22,23)24)6-9-16(15)26-18-11-17(12-4-2-1-3-5-12)27-19(28-18)25-14-7-8-14/h1-6,9-11,14H,7-8H2,(H2,25,26,27,28). The van der Waals surface area contributed by atoms with Crippen LogP contribution in [0.5, 0.6) is 0 Å². The molecule has 1 aromatic heterocycles. The van der Waals surface area contributed by atoms with Crippen molar-refractivity contribution in [2.75, 3.05) is 10.6 Å². The minimum atomic E-state index is -4.39. The summed E-state index contributed by atoms with van der Waals surface area (Å²) in [7, 11) is 0. The van der Waals surface area contributed by atoms with E-state index in [1.54, 1.807) is 6.07 Å². The molecular formula is C20H16BrF3N4. The molecule has 0 saturated heterocycles. The van der Waals surface area contributed by atoms with Crippen LogP contribution in [0.2, 0.25) is 0 Å². The predicted octanol–water partition coefficient (Wildman–Crippen LogP) is 6.24. The van der Waals surface area contributed by atoms with Crippen LogP contribution in [0.4, 0.5) is 30.6 Å². The number of nitrogens with zero attached hydrogens (tertiary/aromatic N) is 2. The SMILES string of the molecule is FC(F)(F)c1ccc(Nc2cc(-c3ccccc3)nc(NC3CC3)n2)c(Br)c1. The molecule has 4 rings (SSSR count). The fourth-order valence-electron chi connectivity index (χ4n) is 2.67. The highest BCUT2D eigenvalue weighted by molar-refractivity contribution is 9.10. The molecule has 1 aliphatic carbocycles. The van der Waals surface area contributed by atoms with Crippen LogP contribution in [-0.4, -0.2) is 16.0 Å². The molecule has 0 atom stereocenters. The summed E-state index contributed by atoms with van der Waals surface area (Å²) in [6, 6.07) is 15.3. The van der Waals surface area contributed by atoms with Gasteiger partial charge in [0.05, 0.1) is 16.9 Å². The van der Waals surface area contributed by atoms with Gasteiger partial charge in [0.25, 0.3) is 0 Å². The van der Waals surface area contributed by atoms with Crippen molar-refractivity contribution in [3.05, 3.63) is 64.6 Å². The molecule has 28 heavy (non-hydrogen) atoms. The normalized spacial score (nSPS) is 14.0. The molecule has 144 valence electrons. The third-order valence-corrected chi connectivity index (χ3v) is 4.92. The van der Waals surface area contributed by atoms with Crippen LogP contribution in [0.25, 0.3) is 11.3 Å². The summed E-state index contributed by atoms with van der Waals surface area (Å²) in [5.41, 5.74) is 1.43. The van der Waals surface area contributed by atoms with Crippen molar-refractivity contribution in [2.24, 2.45) is 0 Å².